The van der Waals surface area contributed by atoms with Crippen LogP contribution in [0, 0.1) is 23.5 Å². The van der Waals surface area contributed by atoms with Gasteiger partial charge in [0.25, 0.3) is 0 Å². The van der Waals surface area contributed by atoms with Gasteiger partial charge in [0, 0.05) is 43.7 Å². The first-order chi connectivity index (χ1) is 12.9. The lowest BCUT2D eigenvalue weighted by Crippen LogP contribution is -2.33. The molecule has 4 nitrogen and oxygen atoms in total. The van der Waals surface area contributed by atoms with Crippen molar-refractivity contribution in [3.05, 3.63) is 59.4 Å². The zero-order valence-corrected chi connectivity index (χ0v) is 15.1. The summed E-state index contributed by atoms with van der Waals surface area (Å²) in [5.41, 5.74) is -0.0881. The number of aromatic nitrogens is 1. The number of rotatable bonds is 5. The van der Waals surface area contributed by atoms with Gasteiger partial charge in [-0.05, 0) is 48.9 Å². The van der Waals surface area contributed by atoms with Gasteiger partial charge in [0.15, 0.2) is 0 Å². The van der Waals surface area contributed by atoms with Crippen molar-refractivity contribution < 1.29 is 19.0 Å². The number of pyridine rings is 1. The third-order valence-electron chi connectivity index (χ3n) is 6.00. The van der Waals surface area contributed by atoms with Crippen molar-refractivity contribution in [3.8, 4) is 5.75 Å². The Morgan fingerprint density at radius 3 is 2.33 bits per heavy atom. The molecule has 2 N–H and O–H groups in total. The molecule has 0 radical (unpaired) electrons. The zero-order chi connectivity index (χ0) is 19.0. The number of aliphatic hydroxyl groups is 1. The molecule has 2 aromatic rings. The molecule has 2 heterocycles. The molecular formula is C21H24F2N2O2. The van der Waals surface area contributed by atoms with Crippen molar-refractivity contribution in [1.82, 2.24) is 9.88 Å². The second kappa shape index (κ2) is 7.17. The maximum atomic E-state index is 13.9. The largest absolute Gasteiger partial charge is 0.506 e. The number of fused-ring (bicyclic) bond motifs is 1. The molecule has 0 bridgehead atoms. The summed E-state index contributed by atoms with van der Waals surface area (Å²) in [6.45, 7) is 2.67. The van der Waals surface area contributed by atoms with Crippen LogP contribution in [0.4, 0.5) is 8.78 Å². The molecule has 0 spiro atoms. The minimum absolute atomic E-state index is 0.00441. The molecule has 1 saturated carbocycles. The Balaban J connectivity index is 1.33. The summed E-state index contributed by atoms with van der Waals surface area (Å²) in [5, 5.41) is 20.2. The smallest absolute Gasteiger partial charge is 0.133 e. The Labute approximate surface area is 157 Å². The summed E-state index contributed by atoms with van der Waals surface area (Å²) in [6.07, 6.45) is 3.47. The standard InChI is InChI=1S/C21H24F2N2O2/c22-19-2-1-3-20(23)18(19)10-21(27)8-14-12-25(13-15(14)9-21)7-6-16-4-5-17(26)11-24-16/h1-5,11,14-15,26-27H,6-10,12-13H2. The third kappa shape index (κ3) is 3.96. The van der Waals surface area contributed by atoms with Gasteiger partial charge in [-0.15, -0.1) is 0 Å². The van der Waals surface area contributed by atoms with Crippen molar-refractivity contribution in [2.45, 2.75) is 31.3 Å². The molecule has 0 amide bonds. The van der Waals surface area contributed by atoms with Crippen molar-refractivity contribution in [1.29, 1.82) is 0 Å². The van der Waals surface area contributed by atoms with Gasteiger partial charge < -0.3 is 15.1 Å². The molecule has 1 aromatic heterocycles. The van der Waals surface area contributed by atoms with Crippen LogP contribution in [-0.2, 0) is 12.8 Å². The molecule has 4 rings (SSSR count). The summed E-state index contributed by atoms with van der Waals surface area (Å²) in [6, 6.07) is 7.31. The fourth-order valence-corrected chi connectivity index (χ4v) is 4.75. The maximum Gasteiger partial charge on any atom is 0.133 e. The van der Waals surface area contributed by atoms with Crippen molar-refractivity contribution in [3.63, 3.8) is 0 Å². The lowest BCUT2D eigenvalue weighted by molar-refractivity contribution is 0.0338. The van der Waals surface area contributed by atoms with Crippen LogP contribution in [0.1, 0.15) is 24.1 Å². The molecule has 27 heavy (non-hydrogen) atoms. The van der Waals surface area contributed by atoms with E-state index in [1.165, 1.54) is 24.4 Å². The first-order valence-corrected chi connectivity index (χ1v) is 9.43. The van der Waals surface area contributed by atoms with E-state index in [9.17, 15) is 19.0 Å². The Hall–Kier alpha value is -2.05. The Bertz CT molecular complexity index is 778. The summed E-state index contributed by atoms with van der Waals surface area (Å²) >= 11 is 0. The van der Waals surface area contributed by atoms with Gasteiger partial charge in [0.2, 0.25) is 0 Å². The van der Waals surface area contributed by atoms with E-state index in [1.54, 1.807) is 6.07 Å². The van der Waals surface area contributed by atoms with Gasteiger partial charge in [-0.2, -0.15) is 0 Å². The summed E-state index contributed by atoms with van der Waals surface area (Å²) < 4.78 is 27.9. The van der Waals surface area contributed by atoms with Crippen LogP contribution in [0.3, 0.4) is 0 Å². The van der Waals surface area contributed by atoms with Crippen molar-refractivity contribution in [2.24, 2.45) is 11.8 Å². The highest BCUT2D eigenvalue weighted by Gasteiger charge is 2.48. The molecule has 2 fully saturated rings. The van der Waals surface area contributed by atoms with E-state index < -0.39 is 17.2 Å². The normalized spacial score (nSPS) is 27.8. The van der Waals surface area contributed by atoms with Crippen LogP contribution in [0.5, 0.6) is 5.75 Å². The number of hydrogen-bond acceptors (Lipinski definition) is 4. The molecule has 2 unspecified atom stereocenters. The first kappa shape index (κ1) is 18.3. The molecule has 2 aliphatic rings. The van der Waals surface area contributed by atoms with E-state index in [0.717, 1.165) is 31.7 Å². The quantitative estimate of drug-likeness (QED) is 0.845. The van der Waals surface area contributed by atoms with Crippen LogP contribution in [0.2, 0.25) is 0 Å². The summed E-state index contributed by atoms with van der Waals surface area (Å²) in [5.74, 6) is -0.276. The number of hydrogen-bond donors (Lipinski definition) is 2. The van der Waals surface area contributed by atoms with Crippen LogP contribution in [0.15, 0.2) is 36.5 Å². The van der Waals surface area contributed by atoms with E-state index in [-0.39, 0.29) is 17.7 Å². The number of likely N-dealkylation sites (tertiary alicyclic amines) is 1. The lowest BCUT2D eigenvalue weighted by atomic mass is 9.90. The molecule has 1 aliphatic heterocycles. The van der Waals surface area contributed by atoms with Gasteiger partial charge >= 0.3 is 0 Å². The molecule has 2 atom stereocenters. The molecule has 1 aromatic carbocycles. The van der Waals surface area contributed by atoms with Gasteiger partial charge in [0.05, 0.1) is 11.8 Å². The van der Waals surface area contributed by atoms with E-state index >= 15 is 0 Å². The molecular weight excluding hydrogens is 350 g/mol. The lowest BCUT2D eigenvalue weighted by Gasteiger charge is -2.26. The molecule has 144 valence electrons. The van der Waals surface area contributed by atoms with E-state index in [1.807, 2.05) is 6.07 Å². The van der Waals surface area contributed by atoms with E-state index in [2.05, 4.69) is 9.88 Å². The Kier molecular flexibility index (Phi) is 4.86. The van der Waals surface area contributed by atoms with Crippen LogP contribution < -0.4 is 0 Å². The van der Waals surface area contributed by atoms with Crippen LogP contribution in [0.25, 0.3) is 0 Å². The van der Waals surface area contributed by atoms with Crippen molar-refractivity contribution in [2.75, 3.05) is 19.6 Å². The summed E-state index contributed by atoms with van der Waals surface area (Å²) in [4.78, 5) is 6.58. The third-order valence-corrected chi connectivity index (χ3v) is 6.00. The second-order valence-electron chi connectivity index (χ2n) is 8.05. The van der Waals surface area contributed by atoms with Crippen LogP contribution >= 0.6 is 0 Å². The van der Waals surface area contributed by atoms with Gasteiger partial charge in [0.1, 0.15) is 17.4 Å². The van der Waals surface area contributed by atoms with Gasteiger partial charge in [-0.25, -0.2) is 8.78 Å². The minimum atomic E-state index is -1.02. The number of halogens is 2. The highest BCUT2D eigenvalue weighted by molar-refractivity contribution is 5.23. The SMILES string of the molecule is Oc1ccc(CCN2CC3CC(O)(Cc4c(F)cccc4F)CC3C2)nc1. The zero-order valence-electron chi connectivity index (χ0n) is 15.1. The predicted octanol–water partition coefficient (Wildman–Crippen LogP) is 2.92. The highest BCUT2D eigenvalue weighted by Crippen LogP contribution is 2.45. The number of nitrogens with zero attached hydrogens (tertiary/aromatic N) is 2. The first-order valence-electron chi connectivity index (χ1n) is 9.43. The Morgan fingerprint density at radius 2 is 1.74 bits per heavy atom. The maximum absolute atomic E-state index is 13.9. The topological polar surface area (TPSA) is 56.6 Å². The van der Waals surface area contributed by atoms with E-state index in [4.69, 9.17) is 0 Å². The Morgan fingerprint density at radius 1 is 1.07 bits per heavy atom. The van der Waals surface area contributed by atoms with Gasteiger partial charge in [-0.1, -0.05) is 6.07 Å². The summed E-state index contributed by atoms with van der Waals surface area (Å²) in [7, 11) is 0. The minimum Gasteiger partial charge on any atom is -0.506 e. The predicted molar refractivity (Wildman–Crippen MR) is 97.3 cm³/mol. The fraction of sp³-hybridized carbons (Fsp3) is 0.476. The van der Waals surface area contributed by atoms with E-state index in [0.29, 0.717) is 24.7 Å². The fourth-order valence-electron chi connectivity index (χ4n) is 4.75. The number of benzene rings is 1. The van der Waals surface area contributed by atoms with Crippen molar-refractivity contribution >= 4 is 0 Å². The highest BCUT2D eigenvalue weighted by atomic mass is 19.1. The second-order valence-corrected chi connectivity index (χ2v) is 8.05. The van der Waals surface area contributed by atoms with Gasteiger partial charge in [-0.3, -0.25) is 4.98 Å². The molecule has 6 heteroatoms. The monoisotopic (exact) mass is 374 g/mol. The average molecular weight is 374 g/mol. The molecule has 1 saturated heterocycles. The number of aromatic hydroxyl groups is 1. The average Bonchev–Trinajstić information content (AvgIpc) is 3.12. The van der Waals surface area contributed by atoms with Crippen LogP contribution in [-0.4, -0.2) is 45.3 Å². The molecule has 1 aliphatic carbocycles.